The summed E-state index contributed by atoms with van der Waals surface area (Å²) >= 11 is 0. The molecular formula is C25H32N2O3. The first-order valence-electron chi connectivity index (χ1n) is 10.6. The summed E-state index contributed by atoms with van der Waals surface area (Å²) in [6, 6.07) is 15.3. The van der Waals surface area contributed by atoms with Crippen LogP contribution < -0.4 is 5.32 Å². The number of likely N-dealkylation sites (tertiary alicyclic amines) is 1. The molecule has 0 saturated carbocycles. The number of carbonyl (C=O) groups is 2. The van der Waals surface area contributed by atoms with E-state index in [4.69, 9.17) is 0 Å². The van der Waals surface area contributed by atoms with Crippen molar-refractivity contribution in [2.24, 2.45) is 0 Å². The molecule has 0 radical (unpaired) electrons. The van der Waals surface area contributed by atoms with Crippen LogP contribution in [0.15, 0.2) is 48.5 Å². The van der Waals surface area contributed by atoms with Gasteiger partial charge in [0.05, 0.1) is 6.10 Å². The molecule has 1 aliphatic rings. The van der Waals surface area contributed by atoms with Gasteiger partial charge in [-0.25, -0.2) is 0 Å². The lowest BCUT2D eigenvalue weighted by atomic mass is 9.86. The Morgan fingerprint density at radius 2 is 1.53 bits per heavy atom. The van der Waals surface area contributed by atoms with Gasteiger partial charge in [-0.05, 0) is 34.9 Å². The highest BCUT2D eigenvalue weighted by atomic mass is 16.3. The monoisotopic (exact) mass is 408 g/mol. The maximum Gasteiger partial charge on any atom is 0.292 e. The molecule has 2 N–H and O–H groups in total. The maximum absolute atomic E-state index is 12.4. The quantitative estimate of drug-likeness (QED) is 0.567. The fourth-order valence-corrected chi connectivity index (χ4v) is 3.61. The van der Waals surface area contributed by atoms with Crippen LogP contribution in [0.3, 0.4) is 0 Å². The van der Waals surface area contributed by atoms with E-state index in [9.17, 15) is 14.7 Å². The van der Waals surface area contributed by atoms with Gasteiger partial charge in [-0.1, -0.05) is 69.3 Å². The van der Waals surface area contributed by atoms with Crippen molar-refractivity contribution in [1.29, 1.82) is 0 Å². The Bertz CT molecular complexity index is 859. The van der Waals surface area contributed by atoms with Gasteiger partial charge in [0.15, 0.2) is 0 Å². The first-order chi connectivity index (χ1) is 14.2. The van der Waals surface area contributed by atoms with E-state index in [-0.39, 0.29) is 11.5 Å². The number of nitrogens with one attached hydrogen (secondary N) is 1. The molecule has 2 aromatic carbocycles. The largest absolute Gasteiger partial charge is 0.393 e. The van der Waals surface area contributed by atoms with Crippen LogP contribution in [-0.4, -0.2) is 40.9 Å². The van der Waals surface area contributed by atoms with Gasteiger partial charge in [0, 0.05) is 31.7 Å². The third-order valence-electron chi connectivity index (χ3n) is 5.66. The predicted octanol–water partition coefficient (Wildman–Crippen LogP) is 3.44. The second-order valence-corrected chi connectivity index (χ2v) is 9.16. The molecule has 1 aliphatic heterocycles. The van der Waals surface area contributed by atoms with E-state index < -0.39 is 11.7 Å². The van der Waals surface area contributed by atoms with Gasteiger partial charge in [-0.2, -0.15) is 0 Å². The van der Waals surface area contributed by atoms with Gasteiger partial charge in [0.25, 0.3) is 5.91 Å². The van der Waals surface area contributed by atoms with Crippen molar-refractivity contribution in [3.63, 3.8) is 0 Å². The molecule has 5 nitrogen and oxygen atoms in total. The lowest BCUT2D eigenvalue weighted by Gasteiger charge is -2.29. The third-order valence-corrected chi connectivity index (χ3v) is 5.66. The van der Waals surface area contributed by atoms with Gasteiger partial charge in [-0.15, -0.1) is 0 Å². The second kappa shape index (κ2) is 9.54. The lowest BCUT2D eigenvalue weighted by molar-refractivity contribution is -0.117. The highest BCUT2D eigenvalue weighted by Crippen LogP contribution is 2.22. The van der Waals surface area contributed by atoms with E-state index in [1.807, 2.05) is 24.3 Å². The molecule has 0 atom stereocenters. The number of ketones is 1. The Kier molecular flexibility index (Phi) is 7.06. The van der Waals surface area contributed by atoms with Crippen molar-refractivity contribution in [3.05, 3.63) is 70.8 Å². The number of aliphatic hydroxyl groups excluding tert-OH is 1. The van der Waals surface area contributed by atoms with E-state index in [2.05, 4.69) is 43.1 Å². The molecule has 0 aromatic heterocycles. The van der Waals surface area contributed by atoms with E-state index in [1.165, 1.54) is 5.56 Å². The molecule has 1 saturated heterocycles. The van der Waals surface area contributed by atoms with Crippen LogP contribution >= 0.6 is 0 Å². The highest BCUT2D eigenvalue weighted by Gasteiger charge is 2.19. The van der Waals surface area contributed by atoms with Crippen molar-refractivity contribution >= 4 is 11.7 Å². The van der Waals surface area contributed by atoms with Crippen molar-refractivity contribution in [3.8, 4) is 0 Å². The van der Waals surface area contributed by atoms with Crippen molar-refractivity contribution < 1.29 is 14.7 Å². The van der Waals surface area contributed by atoms with Gasteiger partial charge >= 0.3 is 0 Å². The van der Waals surface area contributed by atoms with Crippen molar-refractivity contribution in [2.75, 3.05) is 13.1 Å². The van der Waals surface area contributed by atoms with Gasteiger partial charge in [0.1, 0.15) is 0 Å². The third kappa shape index (κ3) is 6.00. The Hall–Kier alpha value is -2.50. The summed E-state index contributed by atoms with van der Waals surface area (Å²) in [6.07, 6.45) is 1.50. The summed E-state index contributed by atoms with van der Waals surface area (Å²) in [5, 5.41) is 12.3. The van der Waals surface area contributed by atoms with E-state index in [0.29, 0.717) is 12.1 Å². The van der Waals surface area contributed by atoms with Crippen LogP contribution in [0.2, 0.25) is 0 Å². The molecule has 3 rings (SSSR count). The highest BCUT2D eigenvalue weighted by molar-refractivity contribution is 6.42. The number of hydrogen-bond donors (Lipinski definition) is 2. The second-order valence-electron chi connectivity index (χ2n) is 9.16. The molecule has 160 valence electrons. The number of Topliss-reactive ketones (excluding diaryl/α,β-unsaturated/α-hetero) is 1. The van der Waals surface area contributed by atoms with Crippen molar-refractivity contribution in [2.45, 2.75) is 58.2 Å². The molecular weight excluding hydrogens is 376 g/mol. The summed E-state index contributed by atoms with van der Waals surface area (Å²) in [6.45, 7) is 9.34. The number of hydrogen-bond acceptors (Lipinski definition) is 4. The summed E-state index contributed by atoms with van der Waals surface area (Å²) in [5.41, 5.74) is 3.70. The molecule has 0 spiro atoms. The average molecular weight is 409 g/mol. The summed E-state index contributed by atoms with van der Waals surface area (Å²) in [4.78, 5) is 27.0. The molecule has 1 heterocycles. The molecule has 30 heavy (non-hydrogen) atoms. The summed E-state index contributed by atoms with van der Waals surface area (Å²) in [7, 11) is 0. The van der Waals surface area contributed by atoms with E-state index >= 15 is 0 Å². The van der Waals surface area contributed by atoms with Crippen LogP contribution in [0.4, 0.5) is 0 Å². The minimum atomic E-state index is -0.588. The topological polar surface area (TPSA) is 69.6 Å². The molecule has 0 unspecified atom stereocenters. The van der Waals surface area contributed by atoms with Crippen LogP contribution in [0.1, 0.15) is 60.7 Å². The van der Waals surface area contributed by atoms with Gasteiger partial charge in [0.2, 0.25) is 5.78 Å². The molecule has 0 aliphatic carbocycles. The molecule has 1 amide bonds. The number of aliphatic hydroxyl groups is 1. The molecule has 5 heteroatoms. The Balaban J connectivity index is 1.50. The number of benzene rings is 2. The maximum atomic E-state index is 12.4. The van der Waals surface area contributed by atoms with E-state index in [0.717, 1.165) is 43.6 Å². The zero-order chi connectivity index (χ0) is 21.7. The van der Waals surface area contributed by atoms with Crippen LogP contribution in [0.5, 0.6) is 0 Å². The average Bonchev–Trinajstić information content (AvgIpc) is 2.73. The number of amides is 1. The number of carbonyl (C=O) groups excluding carboxylic acids is 2. The fraction of sp³-hybridized carbons (Fsp3) is 0.440. The first-order valence-corrected chi connectivity index (χ1v) is 10.6. The van der Waals surface area contributed by atoms with Crippen molar-refractivity contribution in [1.82, 2.24) is 10.2 Å². The van der Waals surface area contributed by atoms with Crippen LogP contribution in [0, 0.1) is 0 Å². The standard InChI is InChI=1S/C25H32N2O3/c1-25(2,3)21-10-8-20(9-11-21)23(29)24(30)26-16-18-4-6-19(7-5-18)17-27-14-12-22(28)13-15-27/h4-11,22,28H,12-17H2,1-3H3,(H,26,30). The Morgan fingerprint density at radius 1 is 0.967 bits per heavy atom. The van der Waals surface area contributed by atoms with Crippen LogP contribution in [-0.2, 0) is 23.3 Å². The Labute approximate surface area is 179 Å². The summed E-state index contributed by atoms with van der Waals surface area (Å²) < 4.78 is 0. The smallest absolute Gasteiger partial charge is 0.292 e. The number of nitrogens with zero attached hydrogens (tertiary/aromatic N) is 1. The SMILES string of the molecule is CC(C)(C)c1ccc(C(=O)C(=O)NCc2ccc(CN3CCC(O)CC3)cc2)cc1. The lowest BCUT2D eigenvalue weighted by Crippen LogP contribution is -2.35. The summed E-state index contributed by atoms with van der Waals surface area (Å²) in [5.74, 6) is -1.10. The first kappa shape index (κ1) is 22.2. The minimum absolute atomic E-state index is 0.00521. The van der Waals surface area contributed by atoms with Crippen LogP contribution in [0.25, 0.3) is 0 Å². The molecule has 0 bridgehead atoms. The number of rotatable bonds is 6. The van der Waals surface area contributed by atoms with Gasteiger partial charge in [-0.3, -0.25) is 14.5 Å². The zero-order valence-corrected chi connectivity index (χ0v) is 18.1. The predicted molar refractivity (Wildman–Crippen MR) is 118 cm³/mol. The molecule has 1 fully saturated rings. The van der Waals surface area contributed by atoms with E-state index in [1.54, 1.807) is 12.1 Å². The minimum Gasteiger partial charge on any atom is -0.393 e. The molecule has 2 aromatic rings. The number of piperidine rings is 1. The Morgan fingerprint density at radius 3 is 2.10 bits per heavy atom. The normalized spacial score (nSPS) is 15.7. The fourth-order valence-electron chi connectivity index (χ4n) is 3.61. The van der Waals surface area contributed by atoms with Gasteiger partial charge < -0.3 is 10.4 Å². The zero-order valence-electron chi connectivity index (χ0n) is 18.1.